The van der Waals surface area contributed by atoms with E-state index in [4.69, 9.17) is 17.3 Å². The number of hydrogen-bond donors (Lipinski definition) is 3. The number of aryl methyl sites for hydroxylation is 1. The molecule has 47 heavy (non-hydrogen) atoms. The lowest BCUT2D eigenvalue weighted by molar-refractivity contribution is -0.135. The smallest absolute Gasteiger partial charge is 0.322 e. The second-order valence-electron chi connectivity index (χ2n) is 13.5. The Morgan fingerprint density at radius 3 is 2.36 bits per heavy atom. The van der Waals surface area contributed by atoms with Crippen molar-refractivity contribution in [1.29, 1.82) is 0 Å². The fraction of sp³-hybridized carbons (Fsp3) is 0.618. The zero-order chi connectivity index (χ0) is 33.1. The van der Waals surface area contributed by atoms with Gasteiger partial charge >= 0.3 is 12.1 Å². The monoisotopic (exact) mass is 684 g/mol. The standard InChI is InChI=1S/C34H49ClN8O3S/c1-3-24-18-23(19-28(35)31(24)36)20-29(32(44)41-9-5-26(6-10-41)40-16-14-39(2)15-17-40)37-33(45)42-11-7-27(8-12-42)43-13-4-25-21-47-22-30(25)38-34(43)46/h18-19,21-22,26-27,29H,3-17,20,36H2,1-2H3,(H,37,45)(H,38,46)/t29-/m1/s1. The quantitative estimate of drug-likeness (QED) is 0.381. The number of piperidine rings is 2. The predicted molar refractivity (Wildman–Crippen MR) is 188 cm³/mol. The number of fused-ring (bicyclic) bond motifs is 1. The van der Waals surface area contributed by atoms with Crippen LogP contribution in [0.3, 0.4) is 0 Å². The number of likely N-dealkylation sites (N-methyl/N-ethyl adjacent to an activating group) is 1. The van der Waals surface area contributed by atoms with Crippen molar-refractivity contribution in [3.8, 4) is 0 Å². The molecule has 4 N–H and O–H groups in total. The van der Waals surface area contributed by atoms with E-state index in [9.17, 15) is 14.4 Å². The van der Waals surface area contributed by atoms with Crippen LogP contribution in [0.1, 0.15) is 49.3 Å². The Labute approximate surface area is 287 Å². The van der Waals surface area contributed by atoms with Gasteiger partial charge in [0.15, 0.2) is 0 Å². The van der Waals surface area contributed by atoms with Crippen molar-refractivity contribution in [2.75, 3.05) is 77.0 Å². The van der Waals surface area contributed by atoms with Crippen LogP contribution in [0.4, 0.5) is 21.0 Å². The van der Waals surface area contributed by atoms with Gasteiger partial charge in [0.05, 0.1) is 16.4 Å². The Bertz CT molecular complexity index is 1430. The number of piperazine rings is 1. The second kappa shape index (κ2) is 15.0. The minimum atomic E-state index is -0.722. The summed E-state index contributed by atoms with van der Waals surface area (Å²) in [5, 5.41) is 10.7. The lowest BCUT2D eigenvalue weighted by atomic mass is 9.98. The minimum Gasteiger partial charge on any atom is -0.397 e. The zero-order valence-electron chi connectivity index (χ0n) is 27.7. The number of amides is 5. The van der Waals surface area contributed by atoms with Crippen molar-refractivity contribution in [3.05, 3.63) is 44.6 Å². The van der Waals surface area contributed by atoms with Crippen LogP contribution >= 0.6 is 22.9 Å². The molecule has 0 spiro atoms. The van der Waals surface area contributed by atoms with Gasteiger partial charge in [0.2, 0.25) is 5.91 Å². The lowest BCUT2D eigenvalue weighted by Gasteiger charge is -2.42. The summed E-state index contributed by atoms with van der Waals surface area (Å²) in [7, 11) is 2.17. The molecule has 5 heterocycles. The summed E-state index contributed by atoms with van der Waals surface area (Å²) in [6.45, 7) is 9.39. The maximum atomic E-state index is 14.1. The van der Waals surface area contributed by atoms with E-state index in [2.05, 4.69) is 32.9 Å². The number of urea groups is 2. The number of nitrogen functional groups attached to an aromatic ring is 1. The Balaban J connectivity index is 1.09. The molecule has 1 aromatic carbocycles. The summed E-state index contributed by atoms with van der Waals surface area (Å²) in [6, 6.07) is 3.34. The number of nitrogens with zero attached hydrogens (tertiary/aromatic N) is 5. The van der Waals surface area contributed by atoms with Crippen LogP contribution in [0.25, 0.3) is 0 Å². The van der Waals surface area contributed by atoms with Crippen LogP contribution < -0.4 is 16.4 Å². The largest absolute Gasteiger partial charge is 0.397 e. The second-order valence-corrected chi connectivity index (χ2v) is 14.7. The first-order valence-electron chi connectivity index (χ1n) is 17.2. The van der Waals surface area contributed by atoms with Crippen LogP contribution in [0.2, 0.25) is 5.02 Å². The molecule has 2 aromatic rings. The van der Waals surface area contributed by atoms with Crippen LogP contribution in [0, 0.1) is 0 Å². The van der Waals surface area contributed by atoms with Gasteiger partial charge in [0, 0.05) is 82.8 Å². The van der Waals surface area contributed by atoms with E-state index in [0.29, 0.717) is 68.7 Å². The number of carbonyl (C=O) groups is 3. The molecule has 0 saturated carbocycles. The zero-order valence-corrected chi connectivity index (χ0v) is 29.3. The highest BCUT2D eigenvalue weighted by Gasteiger charge is 2.35. The van der Waals surface area contributed by atoms with Gasteiger partial charge in [-0.25, -0.2) is 9.59 Å². The average molecular weight is 685 g/mol. The van der Waals surface area contributed by atoms with Crippen LogP contribution in [0.5, 0.6) is 0 Å². The maximum absolute atomic E-state index is 14.1. The third kappa shape index (κ3) is 7.82. The molecule has 3 fully saturated rings. The first-order valence-corrected chi connectivity index (χ1v) is 18.5. The Kier molecular flexibility index (Phi) is 10.8. The van der Waals surface area contributed by atoms with Crippen LogP contribution in [0.15, 0.2) is 22.9 Å². The third-order valence-electron chi connectivity index (χ3n) is 10.6. The van der Waals surface area contributed by atoms with Crippen LogP contribution in [-0.4, -0.2) is 127 Å². The highest BCUT2D eigenvalue weighted by molar-refractivity contribution is 7.08. The minimum absolute atomic E-state index is 0.0513. The molecule has 0 bridgehead atoms. The molecule has 0 radical (unpaired) electrons. The van der Waals surface area contributed by atoms with Crippen molar-refractivity contribution in [2.45, 2.75) is 70.0 Å². The van der Waals surface area contributed by atoms with Crippen molar-refractivity contribution in [1.82, 2.24) is 29.8 Å². The number of nitrogens with two attached hydrogens (primary N) is 1. The summed E-state index contributed by atoms with van der Waals surface area (Å²) < 4.78 is 0. The Morgan fingerprint density at radius 2 is 1.66 bits per heavy atom. The molecule has 1 atom stereocenters. The van der Waals surface area contributed by atoms with Gasteiger partial charge in [0.25, 0.3) is 0 Å². The number of carbonyl (C=O) groups excluding carboxylic acids is 3. The third-order valence-corrected chi connectivity index (χ3v) is 11.7. The molecular weight excluding hydrogens is 636 g/mol. The fourth-order valence-corrected chi connectivity index (χ4v) is 8.65. The molecule has 3 saturated heterocycles. The number of hydrogen-bond acceptors (Lipinski definition) is 7. The van der Waals surface area contributed by atoms with E-state index >= 15 is 0 Å². The molecule has 13 heteroatoms. The lowest BCUT2D eigenvalue weighted by Crippen LogP contribution is -2.58. The molecule has 6 rings (SSSR count). The molecule has 4 aliphatic rings. The first kappa shape index (κ1) is 33.8. The number of likely N-dealkylation sites (tertiary alicyclic amines) is 2. The molecule has 4 aliphatic heterocycles. The Morgan fingerprint density at radius 1 is 0.979 bits per heavy atom. The molecule has 0 unspecified atom stereocenters. The van der Waals surface area contributed by atoms with Gasteiger partial charge in [-0.05, 0) is 73.7 Å². The van der Waals surface area contributed by atoms with Gasteiger partial charge in [-0.2, -0.15) is 0 Å². The normalized spacial score (nSPS) is 21.3. The molecule has 5 amide bonds. The first-order chi connectivity index (χ1) is 22.7. The number of benzene rings is 1. The number of rotatable bonds is 7. The van der Waals surface area contributed by atoms with E-state index in [-0.39, 0.29) is 24.0 Å². The van der Waals surface area contributed by atoms with Crippen molar-refractivity contribution >= 4 is 52.3 Å². The van der Waals surface area contributed by atoms with Gasteiger partial charge in [0.1, 0.15) is 6.04 Å². The summed E-state index contributed by atoms with van der Waals surface area (Å²) >= 11 is 8.10. The summed E-state index contributed by atoms with van der Waals surface area (Å²) in [6.07, 6.45) is 5.15. The SMILES string of the molecule is CCc1cc(C[C@@H](NC(=O)N2CCC(N3CCc4cscc4NC3=O)CC2)C(=O)N2CCC(N3CCN(C)CC3)CC2)cc(Cl)c1N. The molecule has 0 aliphatic carbocycles. The highest BCUT2D eigenvalue weighted by atomic mass is 35.5. The van der Waals surface area contributed by atoms with E-state index in [1.165, 1.54) is 5.56 Å². The molecule has 256 valence electrons. The van der Waals surface area contributed by atoms with E-state index < -0.39 is 6.04 Å². The maximum Gasteiger partial charge on any atom is 0.322 e. The highest BCUT2D eigenvalue weighted by Crippen LogP contribution is 2.29. The topological polar surface area (TPSA) is 117 Å². The van der Waals surface area contributed by atoms with Gasteiger partial charge < -0.3 is 36.0 Å². The van der Waals surface area contributed by atoms with E-state index in [1.807, 2.05) is 34.2 Å². The number of anilines is 2. The van der Waals surface area contributed by atoms with Gasteiger partial charge in [-0.15, -0.1) is 11.3 Å². The van der Waals surface area contributed by atoms with Crippen molar-refractivity contribution in [2.24, 2.45) is 0 Å². The van der Waals surface area contributed by atoms with Gasteiger partial charge in [-0.3, -0.25) is 9.69 Å². The predicted octanol–water partition coefficient (Wildman–Crippen LogP) is 3.96. The summed E-state index contributed by atoms with van der Waals surface area (Å²) in [5.41, 5.74) is 10.7. The Hall–Kier alpha value is -3.06. The van der Waals surface area contributed by atoms with Crippen molar-refractivity contribution in [3.63, 3.8) is 0 Å². The number of thiophene rings is 1. The average Bonchev–Trinajstić information content (AvgIpc) is 3.46. The van der Waals surface area contributed by atoms with Crippen molar-refractivity contribution < 1.29 is 14.4 Å². The van der Waals surface area contributed by atoms with Crippen LogP contribution in [-0.2, 0) is 24.1 Å². The summed E-state index contributed by atoms with van der Waals surface area (Å²) in [5.74, 6) is -0.0513. The van der Waals surface area contributed by atoms with E-state index in [0.717, 1.165) is 68.7 Å². The van der Waals surface area contributed by atoms with Gasteiger partial charge in [-0.1, -0.05) is 24.6 Å². The molecule has 1 aromatic heterocycles. The summed E-state index contributed by atoms with van der Waals surface area (Å²) in [4.78, 5) is 51.4. The molecule has 11 nitrogen and oxygen atoms in total. The fourth-order valence-electron chi connectivity index (χ4n) is 7.57. The molecular formula is C34H49ClN8O3S. The number of nitrogens with one attached hydrogen (secondary N) is 2. The van der Waals surface area contributed by atoms with E-state index in [1.54, 1.807) is 16.2 Å². The number of halogens is 1.